The molecule has 0 amide bonds. The van der Waals surface area contributed by atoms with Crippen LogP contribution in [0.1, 0.15) is 0 Å². The molecular weight excluding hydrogens is 199 g/mol. The van der Waals surface area contributed by atoms with Gasteiger partial charge in [-0.1, -0.05) is 9.67 Å². The maximum Gasteiger partial charge on any atom is 2.00 e. The van der Waals surface area contributed by atoms with E-state index in [-0.39, 0.29) is 43.2 Å². The quantitative estimate of drug-likeness (QED) is 0.255. The first-order valence-corrected chi connectivity index (χ1v) is 3.16. The smallest absolute Gasteiger partial charge is 0.870 e. The van der Waals surface area contributed by atoms with Crippen molar-refractivity contribution in [3.05, 3.63) is 12.3 Å². The van der Waals surface area contributed by atoms with Crippen LogP contribution in [0, 0.1) is 0 Å². The van der Waals surface area contributed by atoms with Crippen LogP contribution in [0.15, 0.2) is 17.4 Å². The number of rotatable bonds is 0. The molecule has 0 aliphatic carbocycles. The Morgan fingerprint density at radius 3 is 2.00 bits per heavy atom. The maximum absolute atomic E-state index is 8.48. The SMILES string of the molecule is C1=C[NH2+]N=C1.O=[P+]([O-])[O-].[Ca+2].[OH-]. The Kier molecular flexibility index (Phi) is 21.2. The second-order valence-electron chi connectivity index (χ2n) is 1.06. The summed E-state index contributed by atoms with van der Waals surface area (Å²) in [4.78, 5) is 17.0. The molecule has 3 N–H and O–H groups in total. The monoisotopic (exact) mass is 205 g/mol. The molecular formula is C3H6CaN2O4P+. The number of allylic oxidation sites excluding steroid dienone is 1. The number of nitrogens with two attached hydrogens (primary N) is 1. The molecule has 0 unspecified atom stereocenters. The van der Waals surface area contributed by atoms with Crippen LogP contribution in [0.25, 0.3) is 0 Å². The van der Waals surface area contributed by atoms with Gasteiger partial charge in [-0.15, -0.1) is 0 Å². The minimum Gasteiger partial charge on any atom is -0.870 e. The summed E-state index contributed by atoms with van der Waals surface area (Å²) in [5.41, 5.74) is 1.75. The first-order chi connectivity index (χ1) is 4.23. The van der Waals surface area contributed by atoms with Gasteiger partial charge < -0.3 is 15.3 Å². The molecule has 0 aromatic heterocycles. The molecule has 0 aromatic carbocycles. The standard InChI is InChI=1S/C3H4N2.Ca.HO3P.H2O/c1-2-4-5-3-1;;1-4(2)3;/h1-3H,(H,4,5);;(H,1,2,3);1H2/q;+2;;/p-1. The van der Waals surface area contributed by atoms with Gasteiger partial charge in [0, 0.05) is 6.08 Å². The van der Waals surface area contributed by atoms with Gasteiger partial charge in [0.1, 0.15) is 6.20 Å². The Labute approximate surface area is 94.3 Å². The third kappa shape index (κ3) is 25.0. The topological polar surface area (TPSA) is 122 Å². The molecule has 11 heavy (non-hydrogen) atoms. The molecule has 1 aliphatic heterocycles. The van der Waals surface area contributed by atoms with Gasteiger partial charge in [-0.05, 0) is 0 Å². The van der Waals surface area contributed by atoms with Crippen molar-refractivity contribution in [3.63, 3.8) is 0 Å². The summed E-state index contributed by atoms with van der Waals surface area (Å²) in [7, 11) is -3.37. The van der Waals surface area contributed by atoms with Gasteiger partial charge in [0.15, 0.2) is 0 Å². The average Bonchev–Trinajstić information content (AvgIpc) is 2.11. The second-order valence-corrected chi connectivity index (χ2v) is 1.50. The predicted molar refractivity (Wildman–Crippen MR) is 34.9 cm³/mol. The fourth-order valence-electron chi connectivity index (χ4n) is 0.248. The van der Waals surface area contributed by atoms with E-state index in [4.69, 9.17) is 14.4 Å². The van der Waals surface area contributed by atoms with E-state index in [0.717, 1.165) is 0 Å². The van der Waals surface area contributed by atoms with Crippen molar-refractivity contribution in [1.82, 2.24) is 0 Å². The van der Waals surface area contributed by atoms with Crippen LogP contribution in [-0.4, -0.2) is 49.4 Å². The largest absolute Gasteiger partial charge is 2.00 e. The van der Waals surface area contributed by atoms with E-state index < -0.39 is 8.25 Å². The summed E-state index contributed by atoms with van der Waals surface area (Å²) in [6.45, 7) is 0. The second kappa shape index (κ2) is 13.2. The van der Waals surface area contributed by atoms with Crippen molar-refractivity contribution in [2.24, 2.45) is 5.10 Å². The molecule has 1 aliphatic rings. The van der Waals surface area contributed by atoms with E-state index in [1.165, 1.54) is 0 Å². The van der Waals surface area contributed by atoms with Gasteiger partial charge >= 0.3 is 37.7 Å². The minimum atomic E-state index is -3.37. The molecule has 6 nitrogen and oxygen atoms in total. The molecule has 1 heterocycles. The van der Waals surface area contributed by atoms with Gasteiger partial charge in [-0.3, -0.25) is 0 Å². The van der Waals surface area contributed by atoms with E-state index in [2.05, 4.69) is 5.10 Å². The Morgan fingerprint density at radius 1 is 1.45 bits per heavy atom. The van der Waals surface area contributed by atoms with Crippen LogP contribution in [0.3, 0.4) is 0 Å². The zero-order chi connectivity index (χ0) is 7.11. The van der Waals surface area contributed by atoms with E-state index >= 15 is 0 Å². The fourth-order valence-corrected chi connectivity index (χ4v) is 0.248. The van der Waals surface area contributed by atoms with Crippen molar-refractivity contribution in [2.75, 3.05) is 0 Å². The molecule has 0 saturated carbocycles. The predicted octanol–water partition coefficient (Wildman–Crippen LogP) is -3.13. The first-order valence-electron chi connectivity index (χ1n) is 2.06. The molecule has 0 fully saturated rings. The van der Waals surface area contributed by atoms with Gasteiger partial charge in [0.25, 0.3) is 8.25 Å². The molecule has 1 rings (SSSR count). The number of nitrogens with zero attached hydrogens (tertiary/aromatic N) is 1. The van der Waals surface area contributed by atoms with Crippen molar-refractivity contribution < 1.29 is 25.3 Å². The van der Waals surface area contributed by atoms with E-state index in [1.54, 1.807) is 11.6 Å². The Bertz CT molecular complexity index is 136. The number of hydrogen-bond donors (Lipinski definition) is 1. The van der Waals surface area contributed by atoms with Crippen molar-refractivity contribution in [3.8, 4) is 0 Å². The molecule has 0 atom stereocenters. The van der Waals surface area contributed by atoms with Crippen LogP contribution >= 0.6 is 8.25 Å². The van der Waals surface area contributed by atoms with Crippen LogP contribution in [0.5, 0.6) is 0 Å². The summed E-state index contributed by atoms with van der Waals surface area (Å²) >= 11 is 0. The molecule has 8 heteroatoms. The third-order valence-corrected chi connectivity index (χ3v) is 0.455. The summed E-state index contributed by atoms with van der Waals surface area (Å²) < 4.78 is 8.48. The van der Waals surface area contributed by atoms with Crippen molar-refractivity contribution in [1.29, 1.82) is 0 Å². The van der Waals surface area contributed by atoms with Crippen molar-refractivity contribution >= 4 is 52.2 Å². The third-order valence-electron chi connectivity index (χ3n) is 0.455. The van der Waals surface area contributed by atoms with Crippen LogP contribution < -0.4 is 15.2 Å². The molecule has 0 saturated heterocycles. The zero-order valence-electron chi connectivity index (χ0n) is 5.58. The van der Waals surface area contributed by atoms with Gasteiger partial charge in [-0.2, -0.15) is 5.43 Å². The summed E-state index contributed by atoms with van der Waals surface area (Å²) in [6.07, 6.45) is 5.53. The average molecular weight is 205 g/mol. The normalized spacial score (nSPS) is 10.4. The molecule has 0 spiro atoms. The Morgan fingerprint density at radius 2 is 1.91 bits per heavy atom. The van der Waals surface area contributed by atoms with Crippen LogP contribution in [-0.2, 0) is 4.57 Å². The number of hydrogen-bond acceptors (Lipinski definition) is 5. The molecule has 0 radical (unpaired) electrons. The molecule has 0 bridgehead atoms. The van der Waals surface area contributed by atoms with Crippen LogP contribution in [0.2, 0.25) is 0 Å². The van der Waals surface area contributed by atoms with Gasteiger partial charge in [-0.25, -0.2) is 0 Å². The van der Waals surface area contributed by atoms with E-state index in [0.29, 0.717) is 0 Å². The summed E-state index contributed by atoms with van der Waals surface area (Å²) in [5.74, 6) is 0. The van der Waals surface area contributed by atoms with E-state index in [9.17, 15) is 0 Å². The zero-order valence-corrected chi connectivity index (χ0v) is 8.69. The van der Waals surface area contributed by atoms with Gasteiger partial charge in [0.05, 0.1) is 6.21 Å². The Balaban J connectivity index is -0.000000101. The van der Waals surface area contributed by atoms with Gasteiger partial charge in [0.2, 0.25) is 0 Å². The minimum absolute atomic E-state index is 0. The fraction of sp³-hybridized carbons (Fsp3) is 0. The first kappa shape index (κ1) is 17.6. The maximum atomic E-state index is 8.48. The molecule has 0 aromatic rings. The van der Waals surface area contributed by atoms with Crippen molar-refractivity contribution in [2.45, 2.75) is 0 Å². The van der Waals surface area contributed by atoms with E-state index in [1.807, 2.05) is 12.3 Å². The molecule has 58 valence electrons. The summed E-state index contributed by atoms with van der Waals surface area (Å²) in [6, 6.07) is 0. The Hall–Kier alpha value is 0.610. The number of quaternary nitrogens is 1. The van der Waals surface area contributed by atoms with Crippen LogP contribution in [0.4, 0.5) is 0 Å². The summed E-state index contributed by atoms with van der Waals surface area (Å²) in [5, 5.41) is 3.72.